The lowest BCUT2D eigenvalue weighted by atomic mass is 10.1. The van der Waals surface area contributed by atoms with Gasteiger partial charge in [0, 0.05) is 26.9 Å². The molecule has 0 radical (unpaired) electrons. The van der Waals surface area contributed by atoms with Crippen molar-refractivity contribution in [2.45, 2.75) is 0 Å². The molecule has 0 spiro atoms. The number of nitrogens with one attached hydrogen (secondary N) is 2. The van der Waals surface area contributed by atoms with E-state index in [4.69, 9.17) is 23.2 Å². The predicted octanol–water partition coefficient (Wildman–Crippen LogP) is 4.93. The van der Waals surface area contributed by atoms with E-state index in [1.165, 1.54) is 6.08 Å². The number of carbonyl (C=O) groups is 1. The number of hydrogen-bond acceptors (Lipinski definition) is 3. The van der Waals surface area contributed by atoms with Gasteiger partial charge in [0.1, 0.15) is 11.6 Å². The van der Waals surface area contributed by atoms with E-state index in [2.05, 4.69) is 15.5 Å². The summed E-state index contributed by atoms with van der Waals surface area (Å²) in [5, 5.41) is 20.1. The number of nitriles is 1. The second-order valence-electron chi connectivity index (χ2n) is 5.34. The largest absolute Gasteiger partial charge is 0.321 e. The Bertz CT molecular complexity index is 999. The van der Waals surface area contributed by atoms with Crippen LogP contribution in [0, 0.1) is 11.3 Å². The van der Waals surface area contributed by atoms with Crippen LogP contribution in [0.15, 0.2) is 60.3 Å². The maximum atomic E-state index is 12.4. The lowest BCUT2D eigenvalue weighted by Gasteiger charge is -2.05. The summed E-state index contributed by atoms with van der Waals surface area (Å²) in [6, 6.07) is 15.7. The van der Waals surface area contributed by atoms with Crippen LogP contribution in [-0.4, -0.2) is 16.1 Å². The van der Waals surface area contributed by atoms with Gasteiger partial charge in [-0.3, -0.25) is 9.89 Å². The van der Waals surface area contributed by atoms with Crippen molar-refractivity contribution in [2.24, 2.45) is 0 Å². The van der Waals surface area contributed by atoms with E-state index in [0.29, 0.717) is 27.0 Å². The molecule has 1 heterocycles. The highest BCUT2D eigenvalue weighted by Gasteiger charge is 2.13. The monoisotopic (exact) mass is 382 g/mol. The number of anilines is 1. The summed E-state index contributed by atoms with van der Waals surface area (Å²) >= 11 is 11.7. The molecule has 0 atom stereocenters. The van der Waals surface area contributed by atoms with E-state index in [9.17, 15) is 10.1 Å². The van der Waals surface area contributed by atoms with Crippen LogP contribution >= 0.6 is 23.2 Å². The molecule has 7 heteroatoms. The molecule has 2 aromatic carbocycles. The lowest BCUT2D eigenvalue weighted by molar-refractivity contribution is -0.112. The van der Waals surface area contributed by atoms with E-state index >= 15 is 0 Å². The van der Waals surface area contributed by atoms with Crippen LogP contribution in [0.1, 0.15) is 5.56 Å². The summed E-state index contributed by atoms with van der Waals surface area (Å²) in [6.07, 6.45) is 3.04. The fourth-order valence-corrected chi connectivity index (χ4v) is 2.54. The van der Waals surface area contributed by atoms with Crippen molar-refractivity contribution in [1.29, 1.82) is 5.26 Å². The Balaban J connectivity index is 1.87. The zero-order valence-electron chi connectivity index (χ0n) is 13.3. The van der Waals surface area contributed by atoms with Crippen molar-refractivity contribution in [3.05, 3.63) is 75.9 Å². The average Bonchev–Trinajstić information content (AvgIpc) is 3.10. The minimum Gasteiger partial charge on any atom is -0.321 e. The Morgan fingerprint density at radius 1 is 1.08 bits per heavy atom. The van der Waals surface area contributed by atoms with Crippen LogP contribution in [0.4, 0.5) is 5.69 Å². The number of halogens is 2. The number of rotatable bonds is 4. The summed E-state index contributed by atoms with van der Waals surface area (Å²) in [5.41, 5.74) is 2.65. The van der Waals surface area contributed by atoms with Crippen molar-refractivity contribution >= 4 is 40.9 Å². The minimum atomic E-state index is -0.516. The molecule has 2 N–H and O–H groups in total. The highest BCUT2D eigenvalue weighted by molar-refractivity contribution is 6.31. The smallest absolute Gasteiger partial charge is 0.266 e. The number of benzene rings is 2. The number of H-pyrrole nitrogens is 1. The Labute approximate surface area is 159 Å². The van der Waals surface area contributed by atoms with Gasteiger partial charge in [0.05, 0.1) is 11.9 Å². The fraction of sp³-hybridized carbons (Fsp3) is 0. The first kappa shape index (κ1) is 17.7. The molecular weight excluding hydrogens is 371 g/mol. The molecule has 3 aromatic rings. The van der Waals surface area contributed by atoms with Crippen LogP contribution in [-0.2, 0) is 4.79 Å². The average molecular weight is 383 g/mol. The zero-order valence-corrected chi connectivity index (χ0v) is 14.8. The first-order chi connectivity index (χ1) is 12.6. The van der Waals surface area contributed by atoms with Crippen molar-refractivity contribution in [1.82, 2.24) is 10.2 Å². The molecular formula is C19H12Cl2N4O. The fourth-order valence-electron chi connectivity index (χ4n) is 2.29. The maximum Gasteiger partial charge on any atom is 0.266 e. The SMILES string of the molecule is N#CC(=Cc1cn[nH]c1-c1ccc(Cl)cc1)C(=O)Nc1ccc(Cl)cc1. The van der Waals surface area contributed by atoms with E-state index in [1.54, 1.807) is 42.6 Å². The Morgan fingerprint density at radius 2 is 1.69 bits per heavy atom. The van der Waals surface area contributed by atoms with Gasteiger partial charge in [0.15, 0.2) is 0 Å². The molecule has 0 aliphatic heterocycles. The van der Waals surface area contributed by atoms with Gasteiger partial charge < -0.3 is 5.32 Å². The Hall–Kier alpha value is -3.07. The molecule has 26 heavy (non-hydrogen) atoms. The number of hydrogen-bond donors (Lipinski definition) is 2. The normalized spacial score (nSPS) is 11.0. The highest BCUT2D eigenvalue weighted by atomic mass is 35.5. The van der Waals surface area contributed by atoms with Crippen molar-refractivity contribution in [3.8, 4) is 17.3 Å². The van der Waals surface area contributed by atoms with E-state index in [0.717, 1.165) is 5.56 Å². The standard InChI is InChI=1S/C19H12Cl2N4O/c20-15-3-1-12(2-4-15)18-14(11-23-25-18)9-13(10-22)19(26)24-17-7-5-16(21)6-8-17/h1-9,11H,(H,23,25)(H,24,26). The van der Waals surface area contributed by atoms with Crippen LogP contribution < -0.4 is 5.32 Å². The van der Waals surface area contributed by atoms with Gasteiger partial charge in [-0.2, -0.15) is 10.4 Å². The van der Waals surface area contributed by atoms with Gasteiger partial charge in [-0.15, -0.1) is 0 Å². The van der Waals surface area contributed by atoms with E-state index < -0.39 is 5.91 Å². The van der Waals surface area contributed by atoms with Gasteiger partial charge in [0.25, 0.3) is 5.91 Å². The van der Waals surface area contributed by atoms with Gasteiger partial charge in [-0.1, -0.05) is 35.3 Å². The van der Waals surface area contributed by atoms with Gasteiger partial charge in [-0.05, 0) is 42.5 Å². The van der Waals surface area contributed by atoms with Gasteiger partial charge in [-0.25, -0.2) is 0 Å². The molecule has 0 fully saturated rings. The van der Waals surface area contributed by atoms with Crippen LogP contribution in [0.3, 0.4) is 0 Å². The Morgan fingerprint density at radius 3 is 2.31 bits per heavy atom. The number of aromatic nitrogens is 2. The summed E-state index contributed by atoms with van der Waals surface area (Å²) in [4.78, 5) is 12.4. The molecule has 3 rings (SSSR count). The molecule has 0 unspecified atom stereocenters. The molecule has 0 saturated heterocycles. The molecule has 128 valence electrons. The summed E-state index contributed by atoms with van der Waals surface area (Å²) in [5.74, 6) is -0.516. The second kappa shape index (κ2) is 7.87. The summed E-state index contributed by atoms with van der Waals surface area (Å²) in [6.45, 7) is 0. The molecule has 0 saturated carbocycles. The predicted molar refractivity (Wildman–Crippen MR) is 103 cm³/mol. The second-order valence-corrected chi connectivity index (χ2v) is 6.21. The minimum absolute atomic E-state index is 0.0448. The Kier molecular flexibility index (Phi) is 5.37. The summed E-state index contributed by atoms with van der Waals surface area (Å²) in [7, 11) is 0. The molecule has 0 aliphatic carbocycles. The van der Waals surface area contributed by atoms with E-state index in [-0.39, 0.29) is 5.57 Å². The van der Waals surface area contributed by atoms with Crippen LogP contribution in [0.5, 0.6) is 0 Å². The zero-order chi connectivity index (χ0) is 18.5. The molecule has 1 aromatic heterocycles. The first-order valence-corrected chi connectivity index (χ1v) is 8.30. The van der Waals surface area contributed by atoms with Crippen LogP contribution in [0.2, 0.25) is 10.0 Å². The first-order valence-electron chi connectivity index (χ1n) is 7.55. The molecule has 1 amide bonds. The quantitative estimate of drug-likeness (QED) is 0.495. The number of aromatic amines is 1. The maximum absolute atomic E-state index is 12.4. The number of nitrogens with zero attached hydrogens (tertiary/aromatic N) is 2. The third-order valence-electron chi connectivity index (χ3n) is 3.57. The highest BCUT2D eigenvalue weighted by Crippen LogP contribution is 2.25. The van der Waals surface area contributed by atoms with Crippen LogP contribution in [0.25, 0.3) is 17.3 Å². The summed E-state index contributed by atoms with van der Waals surface area (Å²) < 4.78 is 0. The van der Waals surface area contributed by atoms with Crippen molar-refractivity contribution in [3.63, 3.8) is 0 Å². The molecule has 0 aliphatic rings. The number of carbonyl (C=O) groups excluding carboxylic acids is 1. The third-order valence-corrected chi connectivity index (χ3v) is 4.07. The molecule has 5 nitrogen and oxygen atoms in total. The van der Waals surface area contributed by atoms with E-state index in [1.807, 2.05) is 18.2 Å². The van der Waals surface area contributed by atoms with Crippen molar-refractivity contribution in [2.75, 3.05) is 5.32 Å². The topological polar surface area (TPSA) is 81.6 Å². The van der Waals surface area contributed by atoms with Crippen molar-refractivity contribution < 1.29 is 4.79 Å². The number of amides is 1. The molecule has 0 bridgehead atoms. The lowest BCUT2D eigenvalue weighted by Crippen LogP contribution is -2.13. The van der Waals surface area contributed by atoms with Gasteiger partial charge in [0.2, 0.25) is 0 Å². The third kappa shape index (κ3) is 4.12. The van der Waals surface area contributed by atoms with Gasteiger partial charge >= 0.3 is 0 Å².